The molecule has 1 aromatic heterocycles. The summed E-state index contributed by atoms with van der Waals surface area (Å²) in [6.07, 6.45) is 3.01. The van der Waals surface area contributed by atoms with Crippen LogP contribution in [-0.4, -0.2) is 30.1 Å². The van der Waals surface area contributed by atoms with Crippen LogP contribution < -0.4 is 4.74 Å². The summed E-state index contributed by atoms with van der Waals surface area (Å²) in [6.45, 7) is 3.07. The molecule has 2 atom stereocenters. The van der Waals surface area contributed by atoms with Crippen LogP contribution >= 0.6 is 0 Å². The molecule has 0 bridgehead atoms. The van der Waals surface area contributed by atoms with Crippen molar-refractivity contribution in [1.82, 2.24) is 9.88 Å². The van der Waals surface area contributed by atoms with Gasteiger partial charge in [0, 0.05) is 35.1 Å². The molecule has 1 fully saturated rings. The zero-order chi connectivity index (χ0) is 22.4. The van der Waals surface area contributed by atoms with Gasteiger partial charge in [0.15, 0.2) is 0 Å². The highest BCUT2D eigenvalue weighted by Crippen LogP contribution is 2.49. The molecule has 4 aromatic rings. The number of ether oxygens (including phenoxy) is 1. The minimum atomic E-state index is -0.164. The number of aromatic nitrogens is 1. The maximum atomic E-state index is 14.1. The fraction of sp³-hybridized carbons (Fsp3) is 0.310. The molecule has 0 radical (unpaired) electrons. The highest BCUT2D eigenvalue weighted by Gasteiger charge is 2.48. The third-order valence-electron chi connectivity index (χ3n) is 7.93. The summed E-state index contributed by atoms with van der Waals surface area (Å²) in [4.78, 5) is 6.24. The lowest BCUT2D eigenvalue weighted by molar-refractivity contribution is 0.0765. The summed E-state index contributed by atoms with van der Waals surface area (Å²) in [6, 6.07) is 24.5. The second-order valence-electron chi connectivity index (χ2n) is 9.71. The third kappa shape index (κ3) is 3.53. The highest BCUT2D eigenvalue weighted by molar-refractivity contribution is 5.85. The number of hydrogen-bond acceptors (Lipinski definition) is 2. The van der Waals surface area contributed by atoms with E-state index in [1.165, 1.54) is 22.4 Å². The van der Waals surface area contributed by atoms with Crippen LogP contribution in [0.1, 0.15) is 28.8 Å². The Morgan fingerprint density at radius 2 is 1.94 bits per heavy atom. The number of halogens is 1. The van der Waals surface area contributed by atoms with E-state index < -0.39 is 0 Å². The van der Waals surface area contributed by atoms with Crippen LogP contribution in [0.4, 0.5) is 4.39 Å². The van der Waals surface area contributed by atoms with Gasteiger partial charge in [0.05, 0.1) is 7.11 Å². The van der Waals surface area contributed by atoms with E-state index in [-0.39, 0.29) is 11.2 Å². The summed E-state index contributed by atoms with van der Waals surface area (Å²) < 4.78 is 19.7. The molecule has 3 aromatic carbocycles. The standard InChI is InChI=1S/C29H29FN2O/c1-33-24-9-5-8-21(14-24)29-12-13-32(18-20-6-3-2-4-7-20)19-22(29)15-25-26-16-23(30)10-11-27(26)31-28(25)17-29/h2-11,14,16,22,31H,12-13,15,17-19H2,1H3/t22?,29-/m0/s1. The van der Waals surface area contributed by atoms with E-state index in [0.717, 1.165) is 55.5 Å². The number of aromatic amines is 1. The molecular weight excluding hydrogens is 411 g/mol. The maximum absolute atomic E-state index is 14.1. The second-order valence-corrected chi connectivity index (χ2v) is 9.71. The van der Waals surface area contributed by atoms with Crippen molar-refractivity contribution in [1.29, 1.82) is 0 Å². The average molecular weight is 441 g/mol. The Bertz CT molecular complexity index is 1300. The fourth-order valence-corrected chi connectivity index (χ4v) is 6.25. The molecule has 1 aliphatic carbocycles. The van der Waals surface area contributed by atoms with Gasteiger partial charge in [-0.25, -0.2) is 4.39 Å². The third-order valence-corrected chi connectivity index (χ3v) is 7.93. The summed E-state index contributed by atoms with van der Waals surface area (Å²) >= 11 is 0. The number of nitrogens with one attached hydrogen (secondary N) is 1. The Kier molecular flexibility index (Phi) is 4.99. The van der Waals surface area contributed by atoms with Crippen molar-refractivity contribution in [2.45, 2.75) is 31.2 Å². The first-order chi connectivity index (χ1) is 16.1. The molecule has 0 amide bonds. The van der Waals surface area contributed by atoms with Gasteiger partial charge < -0.3 is 9.72 Å². The molecular formula is C29H29FN2O. The molecule has 1 saturated heterocycles. The zero-order valence-corrected chi connectivity index (χ0v) is 19.0. The van der Waals surface area contributed by atoms with Crippen molar-refractivity contribution in [3.05, 3.63) is 101 Å². The molecule has 0 saturated carbocycles. The predicted molar refractivity (Wildman–Crippen MR) is 130 cm³/mol. The van der Waals surface area contributed by atoms with Gasteiger partial charge in [-0.15, -0.1) is 0 Å². The van der Waals surface area contributed by atoms with Crippen molar-refractivity contribution in [3.8, 4) is 5.75 Å². The molecule has 33 heavy (non-hydrogen) atoms. The van der Waals surface area contributed by atoms with E-state index in [2.05, 4.69) is 58.4 Å². The number of nitrogens with zero attached hydrogens (tertiary/aromatic N) is 1. The van der Waals surface area contributed by atoms with E-state index in [9.17, 15) is 4.39 Å². The summed E-state index contributed by atoms with van der Waals surface area (Å²) in [5, 5.41) is 1.05. The van der Waals surface area contributed by atoms with Gasteiger partial charge in [0.1, 0.15) is 11.6 Å². The lowest BCUT2D eigenvalue weighted by atomic mass is 9.58. The van der Waals surface area contributed by atoms with E-state index in [4.69, 9.17) is 4.74 Å². The summed E-state index contributed by atoms with van der Waals surface area (Å²) in [5.41, 5.74) is 6.38. The van der Waals surface area contributed by atoms with Crippen LogP contribution in [0.2, 0.25) is 0 Å². The quantitative estimate of drug-likeness (QED) is 0.430. The second kappa shape index (κ2) is 8.03. The Labute approximate surface area is 194 Å². The molecule has 6 rings (SSSR count). The lowest BCUT2D eigenvalue weighted by Gasteiger charge is -2.51. The molecule has 3 nitrogen and oxygen atoms in total. The van der Waals surface area contributed by atoms with Gasteiger partial charge in [-0.3, -0.25) is 4.90 Å². The minimum Gasteiger partial charge on any atom is -0.497 e. The number of H-pyrrole nitrogens is 1. The normalized spacial score (nSPS) is 22.7. The smallest absolute Gasteiger partial charge is 0.123 e. The van der Waals surface area contributed by atoms with Crippen molar-refractivity contribution in [3.63, 3.8) is 0 Å². The van der Waals surface area contributed by atoms with Crippen LogP contribution in [0, 0.1) is 11.7 Å². The largest absolute Gasteiger partial charge is 0.497 e. The van der Waals surface area contributed by atoms with Gasteiger partial charge in [0.2, 0.25) is 0 Å². The van der Waals surface area contributed by atoms with Crippen LogP contribution in [0.3, 0.4) is 0 Å². The molecule has 1 unspecified atom stereocenters. The van der Waals surface area contributed by atoms with Gasteiger partial charge in [-0.05, 0) is 78.7 Å². The SMILES string of the molecule is COc1cccc([C@@]23CCN(Cc4ccccc4)CC2Cc2c([nH]c4ccc(F)cc24)C3)c1. The van der Waals surface area contributed by atoms with Gasteiger partial charge in [0.25, 0.3) is 0 Å². The average Bonchev–Trinajstić information content (AvgIpc) is 3.19. The first-order valence-corrected chi connectivity index (χ1v) is 11.8. The van der Waals surface area contributed by atoms with Crippen molar-refractivity contribution in [2.75, 3.05) is 20.2 Å². The number of benzene rings is 3. The van der Waals surface area contributed by atoms with E-state index >= 15 is 0 Å². The van der Waals surface area contributed by atoms with Gasteiger partial charge in [-0.1, -0.05) is 42.5 Å². The molecule has 2 heterocycles. The Morgan fingerprint density at radius 1 is 1.06 bits per heavy atom. The van der Waals surface area contributed by atoms with E-state index in [0.29, 0.717) is 5.92 Å². The Hall–Kier alpha value is -3.11. The van der Waals surface area contributed by atoms with Gasteiger partial charge >= 0.3 is 0 Å². The number of hydrogen-bond donors (Lipinski definition) is 1. The summed E-state index contributed by atoms with van der Waals surface area (Å²) in [5.74, 6) is 1.21. The topological polar surface area (TPSA) is 28.3 Å². The monoisotopic (exact) mass is 440 g/mol. The molecule has 168 valence electrons. The van der Waals surface area contributed by atoms with E-state index in [1.54, 1.807) is 19.2 Å². The molecule has 2 aliphatic rings. The highest BCUT2D eigenvalue weighted by atomic mass is 19.1. The number of likely N-dealkylation sites (tertiary alicyclic amines) is 1. The molecule has 4 heteroatoms. The van der Waals surface area contributed by atoms with Crippen molar-refractivity contribution >= 4 is 10.9 Å². The van der Waals surface area contributed by atoms with Crippen molar-refractivity contribution < 1.29 is 9.13 Å². The predicted octanol–water partition coefficient (Wildman–Crippen LogP) is 5.87. The fourth-order valence-electron chi connectivity index (χ4n) is 6.25. The maximum Gasteiger partial charge on any atom is 0.123 e. The molecule has 1 N–H and O–H groups in total. The van der Waals surface area contributed by atoms with Gasteiger partial charge in [-0.2, -0.15) is 0 Å². The summed E-state index contributed by atoms with van der Waals surface area (Å²) in [7, 11) is 1.74. The Balaban J connectivity index is 1.41. The van der Waals surface area contributed by atoms with Crippen LogP contribution in [0.5, 0.6) is 5.75 Å². The lowest BCUT2D eigenvalue weighted by Crippen LogP contribution is -2.53. The van der Waals surface area contributed by atoms with Crippen LogP contribution in [0.25, 0.3) is 10.9 Å². The van der Waals surface area contributed by atoms with E-state index in [1.807, 2.05) is 12.1 Å². The van der Waals surface area contributed by atoms with Crippen LogP contribution in [-0.2, 0) is 24.8 Å². The van der Waals surface area contributed by atoms with Crippen molar-refractivity contribution in [2.24, 2.45) is 5.92 Å². The Morgan fingerprint density at radius 3 is 2.79 bits per heavy atom. The first-order valence-electron chi connectivity index (χ1n) is 11.8. The number of rotatable bonds is 4. The van der Waals surface area contributed by atoms with Crippen LogP contribution in [0.15, 0.2) is 72.8 Å². The zero-order valence-electron chi connectivity index (χ0n) is 19.0. The molecule has 0 spiro atoms. The number of methoxy groups -OCH3 is 1. The number of piperidine rings is 1. The first kappa shape index (κ1) is 20.5. The molecule has 1 aliphatic heterocycles. The number of fused-ring (bicyclic) bond motifs is 4. The minimum absolute atomic E-state index is 0.0498.